The van der Waals surface area contributed by atoms with E-state index in [0.717, 1.165) is 19.8 Å². The van der Waals surface area contributed by atoms with Gasteiger partial charge in [0.15, 0.2) is 0 Å². The second-order valence-electron chi connectivity index (χ2n) is 7.18. The van der Waals surface area contributed by atoms with Gasteiger partial charge in [-0.05, 0) is 40.0 Å². The molecule has 2 atom stereocenters. The van der Waals surface area contributed by atoms with Gasteiger partial charge >= 0.3 is 0 Å². The minimum absolute atomic E-state index is 0.00269. The summed E-state index contributed by atoms with van der Waals surface area (Å²) in [6.45, 7) is 10.7. The van der Waals surface area contributed by atoms with Gasteiger partial charge in [-0.3, -0.25) is 4.90 Å². The zero-order valence-corrected chi connectivity index (χ0v) is 11.4. The molecule has 0 radical (unpaired) electrons. The number of rotatable bonds is 4. The van der Waals surface area contributed by atoms with Gasteiger partial charge in [0.25, 0.3) is 0 Å². The van der Waals surface area contributed by atoms with Crippen molar-refractivity contribution in [2.24, 2.45) is 5.41 Å². The Balaban J connectivity index is 1.51. The standard InChI is InChI=1S/C14H25NO2/c1-13(2,3)17-10-14(4-5-14)9-15-7-12-6-11(15)8-16-12/h11-12H,4-10H2,1-3H3/t11-,12-/m1/s1. The highest BCUT2D eigenvalue weighted by atomic mass is 16.5. The van der Waals surface area contributed by atoms with Crippen LogP contribution in [0, 0.1) is 5.41 Å². The Labute approximate surface area is 104 Å². The average molecular weight is 239 g/mol. The Hall–Kier alpha value is -0.120. The van der Waals surface area contributed by atoms with Gasteiger partial charge in [-0.15, -0.1) is 0 Å². The van der Waals surface area contributed by atoms with Crippen molar-refractivity contribution >= 4 is 0 Å². The molecule has 98 valence electrons. The molecule has 0 unspecified atom stereocenters. The van der Waals surface area contributed by atoms with E-state index in [-0.39, 0.29) is 5.60 Å². The van der Waals surface area contributed by atoms with Crippen molar-refractivity contribution in [3.05, 3.63) is 0 Å². The molecule has 3 heteroatoms. The van der Waals surface area contributed by atoms with Crippen molar-refractivity contribution in [2.45, 2.75) is 57.8 Å². The molecule has 3 fully saturated rings. The van der Waals surface area contributed by atoms with E-state index >= 15 is 0 Å². The number of hydrogen-bond acceptors (Lipinski definition) is 3. The van der Waals surface area contributed by atoms with Gasteiger partial charge in [-0.2, -0.15) is 0 Å². The van der Waals surface area contributed by atoms with E-state index in [4.69, 9.17) is 9.47 Å². The van der Waals surface area contributed by atoms with Crippen molar-refractivity contribution < 1.29 is 9.47 Å². The van der Waals surface area contributed by atoms with Crippen molar-refractivity contribution in [1.82, 2.24) is 4.90 Å². The predicted octanol–water partition coefficient (Wildman–Crippen LogP) is 2.05. The molecular weight excluding hydrogens is 214 g/mol. The van der Waals surface area contributed by atoms with Gasteiger partial charge in [0.2, 0.25) is 0 Å². The van der Waals surface area contributed by atoms with Crippen LogP contribution in [0.5, 0.6) is 0 Å². The molecule has 1 saturated carbocycles. The van der Waals surface area contributed by atoms with Crippen LogP contribution in [0.4, 0.5) is 0 Å². The molecule has 3 nitrogen and oxygen atoms in total. The first kappa shape index (κ1) is 11.9. The fourth-order valence-corrected chi connectivity index (χ4v) is 3.00. The fourth-order valence-electron chi connectivity index (χ4n) is 3.00. The topological polar surface area (TPSA) is 21.7 Å². The number of fused-ring (bicyclic) bond motifs is 2. The summed E-state index contributed by atoms with van der Waals surface area (Å²) in [5, 5.41) is 0. The quantitative estimate of drug-likeness (QED) is 0.749. The summed E-state index contributed by atoms with van der Waals surface area (Å²) >= 11 is 0. The van der Waals surface area contributed by atoms with Crippen LogP contribution < -0.4 is 0 Å². The van der Waals surface area contributed by atoms with E-state index in [0.29, 0.717) is 17.6 Å². The SMILES string of the molecule is CC(C)(C)OCC1(CN2C[C@H]3C[C@@H]2CO3)CC1. The van der Waals surface area contributed by atoms with Gasteiger partial charge in [-0.1, -0.05) is 0 Å². The number of likely N-dealkylation sites (tertiary alicyclic amines) is 1. The summed E-state index contributed by atoms with van der Waals surface area (Å²) in [4.78, 5) is 2.65. The lowest BCUT2D eigenvalue weighted by Gasteiger charge is -2.32. The fraction of sp³-hybridized carbons (Fsp3) is 1.00. The van der Waals surface area contributed by atoms with Crippen molar-refractivity contribution in [3.8, 4) is 0 Å². The molecule has 0 aromatic carbocycles. The first-order chi connectivity index (χ1) is 7.96. The molecule has 0 N–H and O–H groups in total. The molecule has 1 aliphatic carbocycles. The number of hydrogen-bond donors (Lipinski definition) is 0. The molecule has 0 spiro atoms. The summed E-state index contributed by atoms with van der Waals surface area (Å²) in [6.07, 6.45) is 4.48. The minimum atomic E-state index is 0.00269. The lowest BCUT2D eigenvalue weighted by Crippen LogP contribution is -2.42. The third-order valence-electron chi connectivity index (χ3n) is 4.32. The molecule has 0 amide bonds. The van der Waals surface area contributed by atoms with Crippen molar-refractivity contribution in [3.63, 3.8) is 0 Å². The first-order valence-corrected chi connectivity index (χ1v) is 6.96. The Morgan fingerprint density at radius 2 is 2.12 bits per heavy atom. The molecule has 3 aliphatic rings. The van der Waals surface area contributed by atoms with Crippen LogP contribution in [0.1, 0.15) is 40.0 Å². The molecular formula is C14H25NO2. The highest BCUT2D eigenvalue weighted by Gasteiger charge is 2.49. The van der Waals surface area contributed by atoms with Crippen LogP contribution >= 0.6 is 0 Å². The third kappa shape index (κ3) is 2.67. The first-order valence-electron chi connectivity index (χ1n) is 6.96. The normalized spacial score (nSPS) is 35.5. The molecule has 3 rings (SSSR count). The Kier molecular flexibility index (Phi) is 2.77. The number of nitrogens with zero attached hydrogens (tertiary/aromatic N) is 1. The zero-order chi connectivity index (χ0) is 12.1. The highest BCUT2D eigenvalue weighted by molar-refractivity contribution is 5.01. The number of ether oxygens (including phenoxy) is 2. The van der Waals surface area contributed by atoms with E-state index in [2.05, 4.69) is 25.7 Å². The van der Waals surface area contributed by atoms with E-state index in [1.165, 1.54) is 25.8 Å². The summed E-state index contributed by atoms with van der Waals surface area (Å²) in [5.74, 6) is 0. The van der Waals surface area contributed by atoms with Crippen LogP contribution in [0.25, 0.3) is 0 Å². The lowest BCUT2D eigenvalue weighted by molar-refractivity contribution is -0.0423. The third-order valence-corrected chi connectivity index (χ3v) is 4.32. The zero-order valence-electron chi connectivity index (χ0n) is 11.4. The Morgan fingerprint density at radius 1 is 1.35 bits per heavy atom. The maximum atomic E-state index is 5.99. The largest absolute Gasteiger partial charge is 0.375 e. The van der Waals surface area contributed by atoms with Gasteiger partial charge in [0.05, 0.1) is 24.9 Å². The van der Waals surface area contributed by atoms with Crippen LogP contribution in [0.2, 0.25) is 0 Å². The minimum Gasteiger partial charge on any atom is -0.375 e. The van der Waals surface area contributed by atoms with Crippen LogP contribution in [-0.4, -0.2) is 49.0 Å². The summed E-state index contributed by atoms with van der Waals surface area (Å²) in [6, 6.07) is 0.701. The monoisotopic (exact) mass is 239 g/mol. The molecule has 2 saturated heterocycles. The van der Waals surface area contributed by atoms with Crippen LogP contribution in [0.3, 0.4) is 0 Å². The van der Waals surface area contributed by atoms with Gasteiger partial charge in [0, 0.05) is 24.5 Å². The Morgan fingerprint density at radius 3 is 2.59 bits per heavy atom. The second-order valence-corrected chi connectivity index (χ2v) is 7.18. The molecule has 2 bridgehead atoms. The summed E-state index contributed by atoms with van der Waals surface area (Å²) in [7, 11) is 0. The van der Waals surface area contributed by atoms with E-state index in [1.54, 1.807) is 0 Å². The summed E-state index contributed by atoms with van der Waals surface area (Å²) in [5.41, 5.74) is 0.473. The predicted molar refractivity (Wildman–Crippen MR) is 67.1 cm³/mol. The molecule has 2 aliphatic heterocycles. The van der Waals surface area contributed by atoms with Crippen molar-refractivity contribution in [1.29, 1.82) is 0 Å². The maximum absolute atomic E-state index is 5.99. The van der Waals surface area contributed by atoms with Crippen LogP contribution in [0.15, 0.2) is 0 Å². The van der Waals surface area contributed by atoms with Gasteiger partial charge < -0.3 is 9.47 Å². The maximum Gasteiger partial charge on any atom is 0.0718 e. The molecule has 17 heavy (non-hydrogen) atoms. The van der Waals surface area contributed by atoms with Gasteiger partial charge in [0.1, 0.15) is 0 Å². The second kappa shape index (κ2) is 3.94. The van der Waals surface area contributed by atoms with Crippen molar-refractivity contribution in [2.75, 3.05) is 26.3 Å². The molecule has 0 aromatic rings. The van der Waals surface area contributed by atoms with E-state index < -0.39 is 0 Å². The van der Waals surface area contributed by atoms with Crippen LogP contribution in [-0.2, 0) is 9.47 Å². The molecule has 2 heterocycles. The summed E-state index contributed by atoms with van der Waals surface area (Å²) < 4.78 is 11.6. The lowest BCUT2D eigenvalue weighted by atomic mass is 10.1. The molecule has 0 aromatic heterocycles. The average Bonchev–Trinajstić information content (AvgIpc) is 2.69. The smallest absolute Gasteiger partial charge is 0.0718 e. The highest BCUT2D eigenvalue weighted by Crippen LogP contribution is 2.48. The number of morpholine rings is 1. The van der Waals surface area contributed by atoms with Gasteiger partial charge in [-0.25, -0.2) is 0 Å². The Bertz CT molecular complexity index is 293. The van der Waals surface area contributed by atoms with E-state index in [1.807, 2.05) is 0 Å². The van der Waals surface area contributed by atoms with E-state index in [9.17, 15) is 0 Å².